The smallest absolute Gasteiger partial charge is 0.409 e. The van der Waals surface area contributed by atoms with E-state index in [0.717, 1.165) is 0 Å². The molecule has 12 heteroatoms. The number of carbonyl (C=O) groups excluding carboxylic acids is 3. The molecular formula is C27H31N5O7. The molecule has 1 unspecified atom stereocenters. The van der Waals surface area contributed by atoms with Crippen molar-refractivity contribution in [1.29, 1.82) is 0 Å². The Morgan fingerprint density at radius 3 is 2.36 bits per heavy atom. The Morgan fingerprint density at radius 1 is 1.08 bits per heavy atom. The number of carboxylic acid groups (broad SMARTS) is 1. The van der Waals surface area contributed by atoms with Crippen LogP contribution in [0.2, 0.25) is 0 Å². The SMILES string of the molecule is CCOC(=O)N1CCN(C(=O)C(CCC(=O)O)NC(=O)c2cc(C#C[C@H](C)O)nc(-c3ccccc3)n2)CC1. The molecular weight excluding hydrogens is 506 g/mol. The van der Waals surface area contributed by atoms with Gasteiger partial charge >= 0.3 is 12.1 Å². The number of hydrogen-bond acceptors (Lipinski definition) is 8. The van der Waals surface area contributed by atoms with Gasteiger partial charge in [-0.1, -0.05) is 36.3 Å². The third-order valence-corrected chi connectivity index (χ3v) is 5.77. The van der Waals surface area contributed by atoms with Gasteiger partial charge in [-0.15, -0.1) is 0 Å². The second-order valence-corrected chi connectivity index (χ2v) is 8.74. The molecule has 39 heavy (non-hydrogen) atoms. The maximum atomic E-state index is 13.3. The van der Waals surface area contributed by atoms with E-state index in [0.29, 0.717) is 5.56 Å². The van der Waals surface area contributed by atoms with Crippen LogP contribution >= 0.6 is 0 Å². The van der Waals surface area contributed by atoms with Gasteiger partial charge in [0.05, 0.1) is 6.61 Å². The van der Waals surface area contributed by atoms with Crippen molar-refractivity contribution in [2.24, 2.45) is 0 Å². The molecule has 1 fully saturated rings. The topological polar surface area (TPSA) is 162 Å². The summed E-state index contributed by atoms with van der Waals surface area (Å²) in [7, 11) is 0. The Hall–Kier alpha value is -4.50. The molecule has 0 radical (unpaired) electrons. The number of piperazine rings is 1. The van der Waals surface area contributed by atoms with Crippen LogP contribution in [0.5, 0.6) is 0 Å². The Balaban J connectivity index is 1.82. The lowest BCUT2D eigenvalue weighted by Gasteiger charge is -2.35. The van der Waals surface area contributed by atoms with Crippen molar-refractivity contribution >= 4 is 23.9 Å². The van der Waals surface area contributed by atoms with E-state index in [2.05, 4.69) is 27.1 Å². The van der Waals surface area contributed by atoms with Gasteiger partial charge in [-0.05, 0) is 26.2 Å². The maximum absolute atomic E-state index is 13.3. The molecule has 2 heterocycles. The minimum atomic E-state index is -1.13. The highest BCUT2D eigenvalue weighted by Crippen LogP contribution is 2.16. The molecule has 1 aromatic carbocycles. The van der Waals surface area contributed by atoms with Gasteiger partial charge in [-0.25, -0.2) is 14.8 Å². The van der Waals surface area contributed by atoms with Crippen LogP contribution in [-0.2, 0) is 14.3 Å². The Bertz CT molecular complexity index is 1250. The third-order valence-electron chi connectivity index (χ3n) is 5.77. The quantitative estimate of drug-likeness (QED) is 0.419. The highest BCUT2D eigenvalue weighted by molar-refractivity contribution is 5.96. The number of amides is 3. The Labute approximate surface area is 226 Å². The number of carboxylic acids is 1. The fourth-order valence-corrected chi connectivity index (χ4v) is 3.82. The van der Waals surface area contributed by atoms with Crippen LogP contribution in [0.25, 0.3) is 11.4 Å². The van der Waals surface area contributed by atoms with Crippen molar-refractivity contribution in [3.05, 3.63) is 47.8 Å². The van der Waals surface area contributed by atoms with Crippen LogP contribution in [-0.4, -0.2) is 98.8 Å². The first-order chi connectivity index (χ1) is 18.7. The van der Waals surface area contributed by atoms with Crippen LogP contribution in [0.15, 0.2) is 36.4 Å². The van der Waals surface area contributed by atoms with Crippen LogP contribution in [0.4, 0.5) is 4.79 Å². The Morgan fingerprint density at radius 2 is 1.74 bits per heavy atom. The summed E-state index contributed by atoms with van der Waals surface area (Å²) in [5, 5.41) is 21.4. The third kappa shape index (κ3) is 8.51. The van der Waals surface area contributed by atoms with Gasteiger partial charge in [-0.2, -0.15) is 0 Å². The monoisotopic (exact) mass is 537 g/mol. The first kappa shape index (κ1) is 29.1. The summed E-state index contributed by atoms with van der Waals surface area (Å²) in [4.78, 5) is 61.5. The number of aromatic nitrogens is 2. The average molecular weight is 538 g/mol. The standard InChI is InChI=1S/C27H31N5O7/c1-3-39-27(38)32-15-13-31(14-16-32)26(37)21(11-12-23(34)35)30-25(36)22-17-20(10-9-18(2)33)28-24(29-22)19-7-5-4-6-8-19/h4-8,17-18,21,33H,3,11-16H2,1-2H3,(H,30,36)(H,34,35)/t18-,21?/m0/s1. The number of nitrogens with one attached hydrogen (secondary N) is 1. The predicted molar refractivity (Wildman–Crippen MR) is 139 cm³/mol. The summed E-state index contributed by atoms with van der Waals surface area (Å²) in [6.07, 6.45) is -1.86. The molecule has 1 aliphatic heterocycles. The van der Waals surface area contributed by atoms with E-state index in [1.54, 1.807) is 31.2 Å². The van der Waals surface area contributed by atoms with Gasteiger partial charge in [0.25, 0.3) is 5.91 Å². The van der Waals surface area contributed by atoms with Crippen LogP contribution < -0.4 is 5.32 Å². The van der Waals surface area contributed by atoms with Gasteiger partial charge < -0.3 is 30.1 Å². The van der Waals surface area contributed by atoms with Crippen molar-refractivity contribution in [1.82, 2.24) is 25.1 Å². The molecule has 3 amide bonds. The lowest BCUT2D eigenvalue weighted by atomic mass is 10.1. The molecule has 1 aliphatic rings. The van der Waals surface area contributed by atoms with E-state index in [9.17, 15) is 29.4 Å². The number of aliphatic hydroxyl groups excluding tert-OH is 1. The number of ether oxygens (including phenoxy) is 1. The number of hydrogen-bond donors (Lipinski definition) is 3. The van der Waals surface area contributed by atoms with Crippen LogP contribution in [0.3, 0.4) is 0 Å². The molecule has 2 atom stereocenters. The average Bonchev–Trinajstić information content (AvgIpc) is 2.94. The second kappa shape index (κ2) is 13.9. The van der Waals surface area contributed by atoms with Crippen molar-refractivity contribution in [3.63, 3.8) is 0 Å². The Kier molecular flexibility index (Phi) is 10.3. The summed E-state index contributed by atoms with van der Waals surface area (Å²) in [6, 6.07) is 9.12. The summed E-state index contributed by atoms with van der Waals surface area (Å²) in [5.74, 6) is 3.24. The zero-order valence-corrected chi connectivity index (χ0v) is 21.8. The largest absolute Gasteiger partial charge is 0.481 e. The summed E-state index contributed by atoms with van der Waals surface area (Å²) >= 11 is 0. The predicted octanol–water partition coefficient (Wildman–Crippen LogP) is 1.14. The van der Waals surface area contributed by atoms with E-state index < -0.39 is 36.0 Å². The normalized spacial score (nSPS) is 14.4. The minimum Gasteiger partial charge on any atom is -0.481 e. The molecule has 12 nitrogen and oxygen atoms in total. The number of nitrogens with zero attached hydrogens (tertiary/aromatic N) is 4. The number of aliphatic hydroxyl groups is 1. The van der Waals surface area contributed by atoms with Gasteiger partial charge in [-0.3, -0.25) is 14.4 Å². The summed E-state index contributed by atoms with van der Waals surface area (Å²) < 4.78 is 5.00. The maximum Gasteiger partial charge on any atom is 0.409 e. The van der Waals surface area contributed by atoms with Crippen molar-refractivity contribution in [3.8, 4) is 23.2 Å². The lowest BCUT2D eigenvalue weighted by Crippen LogP contribution is -2.56. The highest BCUT2D eigenvalue weighted by atomic mass is 16.6. The molecule has 2 aromatic rings. The fourth-order valence-electron chi connectivity index (χ4n) is 3.82. The van der Waals surface area contributed by atoms with Crippen LogP contribution in [0, 0.1) is 11.8 Å². The summed E-state index contributed by atoms with van der Waals surface area (Å²) in [5.41, 5.74) is 0.752. The number of rotatable bonds is 8. The van der Waals surface area contributed by atoms with Gasteiger partial charge in [0.2, 0.25) is 5.91 Å². The molecule has 0 aliphatic carbocycles. The second-order valence-electron chi connectivity index (χ2n) is 8.74. The van der Waals surface area contributed by atoms with Crippen LogP contribution in [0.1, 0.15) is 42.9 Å². The van der Waals surface area contributed by atoms with E-state index in [1.807, 2.05) is 6.07 Å². The highest BCUT2D eigenvalue weighted by Gasteiger charge is 2.31. The zero-order chi connectivity index (χ0) is 28.4. The molecule has 206 valence electrons. The van der Waals surface area contributed by atoms with Gasteiger partial charge in [0.1, 0.15) is 23.5 Å². The number of benzene rings is 1. The number of aliphatic carboxylic acids is 1. The first-order valence-corrected chi connectivity index (χ1v) is 12.5. The van der Waals surface area contributed by atoms with E-state index in [4.69, 9.17) is 4.74 Å². The number of carbonyl (C=O) groups is 4. The van der Waals surface area contributed by atoms with Crippen molar-refractivity contribution in [2.75, 3.05) is 32.8 Å². The van der Waals surface area contributed by atoms with E-state index in [-0.39, 0.29) is 62.8 Å². The van der Waals surface area contributed by atoms with Gasteiger partial charge in [0, 0.05) is 44.2 Å². The van der Waals surface area contributed by atoms with Gasteiger partial charge in [0.15, 0.2) is 5.82 Å². The van der Waals surface area contributed by atoms with E-state index in [1.165, 1.54) is 22.8 Å². The zero-order valence-electron chi connectivity index (χ0n) is 21.8. The molecule has 1 aromatic heterocycles. The molecule has 0 bridgehead atoms. The molecule has 3 N–H and O–H groups in total. The van der Waals surface area contributed by atoms with Crippen molar-refractivity contribution in [2.45, 2.75) is 38.8 Å². The van der Waals surface area contributed by atoms with Crippen molar-refractivity contribution < 1.29 is 34.1 Å². The summed E-state index contributed by atoms with van der Waals surface area (Å²) in [6.45, 7) is 4.36. The fraction of sp³-hybridized carbons (Fsp3) is 0.407. The molecule has 3 rings (SSSR count). The molecule has 1 saturated heterocycles. The molecule has 0 spiro atoms. The molecule has 0 saturated carbocycles. The minimum absolute atomic E-state index is 0.0704. The first-order valence-electron chi connectivity index (χ1n) is 12.5. The van der Waals surface area contributed by atoms with E-state index >= 15 is 0 Å². The lowest BCUT2D eigenvalue weighted by molar-refractivity contribution is -0.138.